The summed E-state index contributed by atoms with van der Waals surface area (Å²) in [6.45, 7) is 2.01. The molecule has 3 rings (SSSR count). The molecule has 0 radical (unpaired) electrons. The lowest BCUT2D eigenvalue weighted by molar-refractivity contribution is 0.551. The topological polar surface area (TPSA) is 51.0 Å². The molecule has 3 aromatic rings. The van der Waals surface area contributed by atoms with E-state index < -0.39 is 0 Å². The Labute approximate surface area is 131 Å². The molecule has 4 nitrogen and oxygen atoms in total. The number of hydrogen-bond donors (Lipinski definition) is 1. The highest BCUT2D eigenvalue weighted by Crippen LogP contribution is 2.30. The molecule has 0 aliphatic rings. The summed E-state index contributed by atoms with van der Waals surface area (Å²) in [5.74, 6) is 2.00. The van der Waals surface area contributed by atoms with Crippen LogP contribution >= 0.6 is 15.9 Å². The van der Waals surface area contributed by atoms with Crippen LogP contribution in [0.5, 0.6) is 0 Å². The molecule has 0 saturated carbocycles. The third-order valence-electron chi connectivity index (χ3n) is 3.22. The second kappa shape index (κ2) is 5.69. The van der Waals surface area contributed by atoms with Crippen molar-refractivity contribution in [3.8, 4) is 22.8 Å². The second-order valence-corrected chi connectivity index (χ2v) is 5.37. The Morgan fingerprint density at radius 1 is 1.05 bits per heavy atom. The van der Waals surface area contributed by atoms with Crippen LogP contribution in [0.3, 0.4) is 0 Å². The van der Waals surface area contributed by atoms with Crippen LogP contribution in [0.1, 0.15) is 5.56 Å². The van der Waals surface area contributed by atoms with E-state index >= 15 is 0 Å². The van der Waals surface area contributed by atoms with Crippen molar-refractivity contribution in [2.24, 2.45) is 0 Å². The van der Waals surface area contributed by atoms with Gasteiger partial charge in [-0.25, -0.2) is 9.97 Å². The standard InChI is InChI=1S/C16H14BrN3O/c1-10-14(11-6-4-3-5-7-11)19-16(20-15(10)18-2)12-8-9-13(17)21-12/h3-9H,1-2H3,(H,18,19,20). The summed E-state index contributed by atoms with van der Waals surface area (Å²) in [6.07, 6.45) is 0. The van der Waals surface area contributed by atoms with Crippen molar-refractivity contribution in [1.82, 2.24) is 9.97 Å². The van der Waals surface area contributed by atoms with Crippen LogP contribution in [0.2, 0.25) is 0 Å². The first-order valence-corrected chi connectivity index (χ1v) is 7.36. The molecule has 2 heterocycles. The first kappa shape index (κ1) is 13.8. The number of nitrogens with one attached hydrogen (secondary N) is 1. The summed E-state index contributed by atoms with van der Waals surface area (Å²) in [6, 6.07) is 13.7. The van der Waals surface area contributed by atoms with Gasteiger partial charge in [-0.1, -0.05) is 30.3 Å². The van der Waals surface area contributed by atoms with Gasteiger partial charge in [0.05, 0.1) is 5.69 Å². The Kier molecular flexibility index (Phi) is 3.75. The molecule has 21 heavy (non-hydrogen) atoms. The van der Waals surface area contributed by atoms with Gasteiger partial charge in [-0.15, -0.1) is 0 Å². The fourth-order valence-electron chi connectivity index (χ4n) is 2.18. The molecule has 0 aliphatic heterocycles. The van der Waals surface area contributed by atoms with Crippen molar-refractivity contribution in [3.05, 3.63) is 52.7 Å². The Morgan fingerprint density at radius 2 is 1.81 bits per heavy atom. The van der Waals surface area contributed by atoms with Gasteiger partial charge in [-0.2, -0.15) is 0 Å². The molecule has 106 valence electrons. The summed E-state index contributed by atoms with van der Waals surface area (Å²) >= 11 is 3.31. The van der Waals surface area contributed by atoms with Gasteiger partial charge in [-0.3, -0.25) is 0 Å². The van der Waals surface area contributed by atoms with E-state index in [1.165, 1.54) is 0 Å². The largest absolute Gasteiger partial charge is 0.446 e. The van der Waals surface area contributed by atoms with Crippen molar-refractivity contribution < 1.29 is 4.42 Å². The monoisotopic (exact) mass is 343 g/mol. The fourth-order valence-corrected chi connectivity index (χ4v) is 2.49. The van der Waals surface area contributed by atoms with E-state index in [-0.39, 0.29) is 0 Å². The number of furan rings is 1. The van der Waals surface area contributed by atoms with Crippen molar-refractivity contribution >= 4 is 21.7 Å². The summed E-state index contributed by atoms with van der Waals surface area (Å²) in [5.41, 5.74) is 2.97. The zero-order chi connectivity index (χ0) is 14.8. The lowest BCUT2D eigenvalue weighted by Gasteiger charge is -2.11. The summed E-state index contributed by atoms with van der Waals surface area (Å²) in [5, 5.41) is 3.12. The third kappa shape index (κ3) is 2.69. The summed E-state index contributed by atoms with van der Waals surface area (Å²) in [4.78, 5) is 9.19. The van der Waals surface area contributed by atoms with Gasteiger partial charge < -0.3 is 9.73 Å². The van der Waals surface area contributed by atoms with Gasteiger partial charge in [-0.05, 0) is 35.0 Å². The maximum atomic E-state index is 5.56. The minimum absolute atomic E-state index is 0.564. The second-order valence-electron chi connectivity index (χ2n) is 4.59. The highest BCUT2D eigenvalue weighted by molar-refractivity contribution is 9.10. The first-order valence-electron chi connectivity index (χ1n) is 6.56. The highest BCUT2D eigenvalue weighted by Gasteiger charge is 2.15. The molecule has 1 N–H and O–H groups in total. The van der Waals surface area contributed by atoms with Crippen LogP contribution in [-0.4, -0.2) is 17.0 Å². The van der Waals surface area contributed by atoms with Gasteiger partial charge in [0.15, 0.2) is 16.3 Å². The number of aromatic nitrogens is 2. The van der Waals surface area contributed by atoms with Gasteiger partial charge in [0, 0.05) is 18.2 Å². The molecule has 0 saturated heterocycles. The molecule has 0 bridgehead atoms. The Morgan fingerprint density at radius 3 is 2.43 bits per heavy atom. The normalized spacial score (nSPS) is 10.6. The zero-order valence-electron chi connectivity index (χ0n) is 11.7. The molecule has 2 aromatic heterocycles. The predicted octanol–water partition coefficient (Wildman–Crippen LogP) is 4.52. The molecule has 0 atom stereocenters. The third-order valence-corrected chi connectivity index (χ3v) is 3.65. The highest BCUT2D eigenvalue weighted by atomic mass is 79.9. The molecule has 1 aromatic carbocycles. The molecule has 5 heteroatoms. The number of nitrogens with zero attached hydrogens (tertiary/aromatic N) is 2. The van der Waals surface area contributed by atoms with Gasteiger partial charge in [0.1, 0.15) is 5.82 Å². The molecule has 0 spiro atoms. The lowest BCUT2D eigenvalue weighted by Crippen LogP contribution is -2.02. The minimum Gasteiger partial charge on any atom is -0.446 e. The van der Waals surface area contributed by atoms with Crippen LogP contribution in [0, 0.1) is 6.92 Å². The number of hydrogen-bond acceptors (Lipinski definition) is 4. The van der Waals surface area contributed by atoms with Crippen LogP contribution in [0.4, 0.5) is 5.82 Å². The zero-order valence-corrected chi connectivity index (χ0v) is 13.3. The van der Waals surface area contributed by atoms with E-state index in [1.807, 2.05) is 56.4 Å². The van der Waals surface area contributed by atoms with Gasteiger partial charge in [0.2, 0.25) is 0 Å². The Balaban J connectivity index is 2.20. The van der Waals surface area contributed by atoms with E-state index in [0.29, 0.717) is 16.3 Å². The first-order chi connectivity index (χ1) is 10.2. The van der Waals surface area contributed by atoms with Crippen LogP contribution in [0.25, 0.3) is 22.8 Å². The average molecular weight is 344 g/mol. The van der Waals surface area contributed by atoms with Crippen molar-refractivity contribution in [1.29, 1.82) is 0 Å². The van der Waals surface area contributed by atoms with E-state index in [9.17, 15) is 0 Å². The van der Waals surface area contributed by atoms with Crippen molar-refractivity contribution in [3.63, 3.8) is 0 Å². The molecule has 0 aliphatic carbocycles. The van der Waals surface area contributed by atoms with Crippen molar-refractivity contribution in [2.75, 3.05) is 12.4 Å². The Bertz CT molecular complexity index is 768. The van der Waals surface area contributed by atoms with Gasteiger partial charge >= 0.3 is 0 Å². The molecular formula is C16H14BrN3O. The quantitative estimate of drug-likeness (QED) is 0.759. The minimum atomic E-state index is 0.564. The van der Waals surface area contributed by atoms with E-state index in [0.717, 1.165) is 22.6 Å². The fraction of sp³-hybridized carbons (Fsp3) is 0.125. The Hall–Kier alpha value is -2.14. The van der Waals surface area contributed by atoms with E-state index in [1.54, 1.807) is 0 Å². The van der Waals surface area contributed by atoms with Crippen molar-refractivity contribution in [2.45, 2.75) is 6.92 Å². The maximum Gasteiger partial charge on any atom is 0.198 e. The molecular weight excluding hydrogens is 330 g/mol. The van der Waals surface area contributed by atoms with E-state index in [4.69, 9.17) is 4.42 Å². The average Bonchev–Trinajstić information content (AvgIpc) is 2.95. The molecule has 0 amide bonds. The number of halogens is 1. The number of benzene rings is 1. The number of anilines is 1. The maximum absolute atomic E-state index is 5.56. The summed E-state index contributed by atoms with van der Waals surface area (Å²) in [7, 11) is 1.85. The van der Waals surface area contributed by atoms with Crippen LogP contribution < -0.4 is 5.32 Å². The van der Waals surface area contributed by atoms with Crippen LogP contribution in [-0.2, 0) is 0 Å². The lowest BCUT2D eigenvalue weighted by atomic mass is 10.1. The van der Waals surface area contributed by atoms with Gasteiger partial charge in [0.25, 0.3) is 0 Å². The van der Waals surface area contributed by atoms with Crippen LogP contribution in [0.15, 0.2) is 51.6 Å². The molecule has 0 fully saturated rings. The number of rotatable bonds is 3. The SMILES string of the molecule is CNc1nc(-c2ccc(Br)o2)nc(-c2ccccc2)c1C. The van der Waals surface area contributed by atoms with E-state index in [2.05, 4.69) is 31.2 Å². The molecule has 0 unspecified atom stereocenters. The predicted molar refractivity (Wildman–Crippen MR) is 87.2 cm³/mol. The summed E-state index contributed by atoms with van der Waals surface area (Å²) < 4.78 is 6.22. The smallest absolute Gasteiger partial charge is 0.198 e.